The molecule has 0 aliphatic rings. The molecule has 0 amide bonds. The largest absolute Gasteiger partial charge is 0.480 e. The lowest BCUT2D eigenvalue weighted by Crippen LogP contribution is -2.36. The number of pyridine rings is 1. The molecule has 2 aromatic rings. The maximum Gasteiger partial charge on any atom is 0.317 e. The molecule has 19 heavy (non-hydrogen) atoms. The Morgan fingerprint density at radius 1 is 1.58 bits per heavy atom. The second-order valence-corrected chi connectivity index (χ2v) is 4.77. The van der Waals surface area contributed by atoms with E-state index in [1.165, 1.54) is 0 Å². The molecule has 5 nitrogen and oxygen atoms in total. The second kappa shape index (κ2) is 5.84. The lowest BCUT2D eigenvalue weighted by atomic mass is 10.1. The summed E-state index contributed by atoms with van der Waals surface area (Å²) in [5.41, 5.74) is 1.93. The number of carboxylic acid groups (broad SMARTS) is 1. The standard InChI is InChI=1S/C14H19N3O2/c1-3-10(2)17(9-13(18)19)8-11-7-16-14-12(11)5-4-6-15-14/h4-7,10H,3,8-9H2,1-2H3,(H,15,16)(H,18,19). The molecule has 0 fully saturated rings. The molecule has 2 N–H and O–H groups in total. The van der Waals surface area contributed by atoms with Crippen molar-refractivity contribution in [3.8, 4) is 0 Å². The molecular formula is C14H19N3O2. The monoisotopic (exact) mass is 261 g/mol. The van der Waals surface area contributed by atoms with Crippen molar-refractivity contribution in [1.82, 2.24) is 14.9 Å². The van der Waals surface area contributed by atoms with Crippen LogP contribution in [0.15, 0.2) is 24.5 Å². The van der Waals surface area contributed by atoms with Crippen LogP contribution in [-0.4, -0.2) is 38.5 Å². The SMILES string of the molecule is CCC(C)N(CC(=O)O)Cc1c[nH]c2ncccc12. The van der Waals surface area contributed by atoms with Gasteiger partial charge < -0.3 is 10.1 Å². The molecule has 0 saturated heterocycles. The van der Waals surface area contributed by atoms with Gasteiger partial charge in [0.25, 0.3) is 0 Å². The smallest absolute Gasteiger partial charge is 0.317 e. The average Bonchev–Trinajstić information content (AvgIpc) is 2.80. The fourth-order valence-electron chi connectivity index (χ4n) is 2.16. The molecule has 1 atom stereocenters. The van der Waals surface area contributed by atoms with Gasteiger partial charge in [0.05, 0.1) is 6.54 Å². The quantitative estimate of drug-likeness (QED) is 0.836. The number of aromatic amines is 1. The van der Waals surface area contributed by atoms with Crippen LogP contribution < -0.4 is 0 Å². The van der Waals surface area contributed by atoms with Crippen LogP contribution in [0.3, 0.4) is 0 Å². The average molecular weight is 261 g/mol. The number of carbonyl (C=O) groups is 1. The van der Waals surface area contributed by atoms with E-state index in [2.05, 4.69) is 23.8 Å². The van der Waals surface area contributed by atoms with Gasteiger partial charge in [-0.25, -0.2) is 4.98 Å². The topological polar surface area (TPSA) is 69.2 Å². The van der Waals surface area contributed by atoms with E-state index in [1.54, 1.807) is 6.20 Å². The fraction of sp³-hybridized carbons (Fsp3) is 0.429. The predicted octanol–water partition coefficient (Wildman–Crippen LogP) is 2.25. The Morgan fingerprint density at radius 2 is 2.37 bits per heavy atom. The van der Waals surface area contributed by atoms with E-state index in [0.717, 1.165) is 23.0 Å². The van der Waals surface area contributed by atoms with Gasteiger partial charge in [0, 0.05) is 30.4 Å². The van der Waals surface area contributed by atoms with Crippen molar-refractivity contribution >= 4 is 17.0 Å². The van der Waals surface area contributed by atoms with Crippen LogP contribution >= 0.6 is 0 Å². The van der Waals surface area contributed by atoms with Crippen molar-refractivity contribution in [2.24, 2.45) is 0 Å². The Kier molecular flexibility index (Phi) is 4.16. The summed E-state index contributed by atoms with van der Waals surface area (Å²) in [6.07, 6.45) is 4.58. The number of aromatic nitrogens is 2. The molecule has 0 aliphatic carbocycles. The minimum absolute atomic E-state index is 0.0575. The number of rotatable bonds is 6. The maximum atomic E-state index is 11.0. The molecule has 1 unspecified atom stereocenters. The molecule has 2 heterocycles. The molecule has 2 aromatic heterocycles. The van der Waals surface area contributed by atoms with E-state index in [1.807, 2.05) is 23.2 Å². The summed E-state index contributed by atoms with van der Waals surface area (Å²) in [5, 5.41) is 10.1. The minimum Gasteiger partial charge on any atom is -0.480 e. The molecule has 5 heteroatoms. The van der Waals surface area contributed by atoms with Gasteiger partial charge in [0.1, 0.15) is 5.65 Å². The Hall–Kier alpha value is -1.88. The van der Waals surface area contributed by atoms with Gasteiger partial charge in [-0.05, 0) is 31.0 Å². The highest BCUT2D eigenvalue weighted by Gasteiger charge is 2.17. The van der Waals surface area contributed by atoms with Gasteiger partial charge in [-0.2, -0.15) is 0 Å². The number of aliphatic carboxylic acids is 1. The lowest BCUT2D eigenvalue weighted by molar-refractivity contribution is -0.139. The highest BCUT2D eigenvalue weighted by Crippen LogP contribution is 2.19. The summed E-state index contributed by atoms with van der Waals surface area (Å²) < 4.78 is 0. The number of hydrogen-bond donors (Lipinski definition) is 2. The number of nitrogens with one attached hydrogen (secondary N) is 1. The van der Waals surface area contributed by atoms with Crippen LogP contribution in [-0.2, 0) is 11.3 Å². The lowest BCUT2D eigenvalue weighted by Gasteiger charge is -2.26. The zero-order valence-electron chi connectivity index (χ0n) is 11.3. The van der Waals surface area contributed by atoms with Crippen LogP contribution in [0.25, 0.3) is 11.0 Å². The van der Waals surface area contributed by atoms with Gasteiger partial charge >= 0.3 is 5.97 Å². The molecule has 0 radical (unpaired) electrons. The molecule has 0 saturated carbocycles. The summed E-state index contributed by atoms with van der Waals surface area (Å²) >= 11 is 0. The molecule has 0 spiro atoms. The summed E-state index contributed by atoms with van der Waals surface area (Å²) in [4.78, 5) is 20.3. The van der Waals surface area contributed by atoms with Crippen molar-refractivity contribution in [2.75, 3.05) is 6.54 Å². The zero-order chi connectivity index (χ0) is 13.8. The first kappa shape index (κ1) is 13.5. The van der Waals surface area contributed by atoms with Crippen LogP contribution in [0.5, 0.6) is 0 Å². The van der Waals surface area contributed by atoms with E-state index in [9.17, 15) is 4.79 Å². The molecule has 0 bridgehead atoms. The van der Waals surface area contributed by atoms with E-state index in [-0.39, 0.29) is 12.6 Å². The van der Waals surface area contributed by atoms with Crippen LogP contribution in [0.4, 0.5) is 0 Å². The highest BCUT2D eigenvalue weighted by molar-refractivity contribution is 5.79. The third kappa shape index (κ3) is 3.12. The summed E-state index contributed by atoms with van der Waals surface area (Å²) in [6.45, 7) is 4.79. The number of carboxylic acids is 1. The number of nitrogens with zero attached hydrogens (tertiary/aromatic N) is 2. The van der Waals surface area contributed by atoms with Gasteiger partial charge in [0.2, 0.25) is 0 Å². The van der Waals surface area contributed by atoms with Crippen LogP contribution in [0, 0.1) is 0 Å². The Morgan fingerprint density at radius 3 is 3.05 bits per heavy atom. The molecular weight excluding hydrogens is 242 g/mol. The third-order valence-corrected chi connectivity index (χ3v) is 3.46. The van der Waals surface area contributed by atoms with E-state index in [4.69, 9.17) is 5.11 Å². The first-order valence-electron chi connectivity index (χ1n) is 6.48. The highest BCUT2D eigenvalue weighted by atomic mass is 16.4. The zero-order valence-corrected chi connectivity index (χ0v) is 11.3. The Balaban J connectivity index is 2.23. The summed E-state index contributed by atoms with van der Waals surface area (Å²) in [7, 11) is 0. The molecule has 102 valence electrons. The molecule has 2 rings (SSSR count). The number of fused-ring (bicyclic) bond motifs is 1. The van der Waals surface area contributed by atoms with Crippen molar-refractivity contribution < 1.29 is 9.90 Å². The van der Waals surface area contributed by atoms with Crippen molar-refractivity contribution in [3.05, 3.63) is 30.1 Å². The Bertz CT molecular complexity index is 565. The fourth-order valence-corrected chi connectivity index (χ4v) is 2.16. The van der Waals surface area contributed by atoms with Gasteiger partial charge in [0.15, 0.2) is 0 Å². The summed E-state index contributed by atoms with van der Waals surface area (Å²) in [6, 6.07) is 4.13. The van der Waals surface area contributed by atoms with Crippen LogP contribution in [0.1, 0.15) is 25.8 Å². The van der Waals surface area contributed by atoms with Crippen molar-refractivity contribution in [1.29, 1.82) is 0 Å². The second-order valence-electron chi connectivity index (χ2n) is 4.77. The predicted molar refractivity (Wildman–Crippen MR) is 73.9 cm³/mol. The maximum absolute atomic E-state index is 11.0. The summed E-state index contributed by atoms with van der Waals surface area (Å²) in [5.74, 6) is -0.793. The normalized spacial score (nSPS) is 13.0. The van der Waals surface area contributed by atoms with Crippen molar-refractivity contribution in [2.45, 2.75) is 32.9 Å². The van der Waals surface area contributed by atoms with Crippen molar-refractivity contribution in [3.63, 3.8) is 0 Å². The van der Waals surface area contributed by atoms with Gasteiger partial charge in [-0.1, -0.05) is 6.92 Å². The van der Waals surface area contributed by atoms with E-state index < -0.39 is 5.97 Å². The minimum atomic E-state index is -0.793. The Labute approximate surface area is 112 Å². The number of H-pyrrole nitrogens is 1. The molecule has 0 aromatic carbocycles. The number of hydrogen-bond acceptors (Lipinski definition) is 3. The first-order chi connectivity index (χ1) is 9.11. The van der Waals surface area contributed by atoms with Gasteiger partial charge in [-0.3, -0.25) is 9.69 Å². The van der Waals surface area contributed by atoms with E-state index >= 15 is 0 Å². The van der Waals surface area contributed by atoms with Gasteiger partial charge in [-0.15, -0.1) is 0 Å². The molecule has 0 aliphatic heterocycles. The van der Waals surface area contributed by atoms with E-state index in [0.29, 0.717) is 6.54 Å². The third-order valence-electron chi connectivity index (χ3n) is 3.46. The van der Waals surface area contributed by atoms with Crippen LogP contribution in [0.2, 0.25) is 0 Å². The first-order valence-corrected chi connectivity index (χ1v) is 6.48.